The highest BCUT2D eigenvalue weighted by atomic mass is 28.2. The van der Waals surface area contributed by atoms with E-state index in [0.717, 1.165) is 28.9 Å². The molecule has 1 nitrogen and oxygen atoms in total. The smallest absolute Gasteiger partial charge is 0.145 e. The maximum atomic E-state index is 5.19. The lowest BCUT2D eigenvalue weighted by molar-refractivity contribution is 0.282. The highest BCUT2D eigenvalue weighted by Crippen LogP contribution is 2.18. The molecule has 74 valence electrons. The summed E-state index contributed by atoms with van der Waals surface area (Å²) in [4.78, 5) is 0. The number of rotatable bonds is 7. The highest BCUT2D eigenvalue weighted by molar-refractivity contribution is 5.97. The summed E-state index contributed by atoms with van der Waals surface area (Å²) in [6.45, 7) is 7.95. The first-order valence-electron chi connectivity index (χ1n) is 5.19. The minimum atomic E-state index is 0.848. The zero-order valence-corrected chi connectivity index (χ0v) is 11.1. The molecule has 2 heteroatoms. The van der Waals surface area contributed by atoms with Crippen LogP contribution in [0.15, 0.2) is 0 Å². The average Bonchev–Trinajstić information content (AvgIpc) is 2.01. The lowest BCUT2D eigenvalue weighted by Crippen LogP contribution is -2.05. The standard InChI is InChI=1S/C10H24OSi/c1-4-5-9(2)8-10(3)6-7-11-12/h9-10H,4-8H2,1-3,12H3. The highest BCUT2D eigenvalue weighted by Gasteiger charge is 2.07. The first-order valence-corrected chi connectivity index (χ1v) is 6.01. The Morgan fingerprint density at radius 3 is 2.25 bits per heavy atom. The van der Waals surface area contributed by atoms with Gasteiger partial charge in [-0.25, -0.2) is 0 Å². The van der Waals surface area contributed by atoms with Crippen molar-refractivity contribution in [2.75, 3.05) is 6.61 Å². The van der Waals surface area contributed by atoms with Gasteiger partial charge in [0.25, 0.3) is 0 Å². The Morgan fingerprint density at radius 2 is 1.75 bits per heavy atom. The van der Waals surface area contributed by atoms with Crippen LogP contribution in [0.2, 0.25) is 0 Å². The summed E-state index contributed by atoms with van der Waals surface area (Å²) in [5.41, 5.74) is 0. The zero-order valence-electron chi connectivity index (χ0n) is 9.10. The molecule has 0 saturated carbocycles. The molecule has 0 bridgehead atoms. The van der Waals surface area contributed by atoms with Gasteiger partial charge in [0.1, 0.15) is 10.5 Å². The van der Waals surface area contributed by atoms with Crippen LogP contribution in [-0.4, -0.2) is 17.1 Å². The molecule has 0 heterocycles. The van der Waals surface area contributed by atoms with Crippen LogP contribution < -0.4 is 0 Å². The molecule has 12 heavy (non-hydrogen) atoms. The average molecular weight is 188 g/mol. The van der Waals surface area contributed by atoms with Crippen LogP contribution in [0.5, 0.6) is 0 Å². The summed E-state index contributed by atoms with van der Waals surface area (Å²) in [5.74, 6) is 1.75. The first kappa shape index (κ1) is 12.2. The second-order valence-electron chi connectivity index (χ2n) is 4.02. The zero-order chi connectivity index (χ0) is 9.40. The van der Waals surface area contributed by atoms with Gasteiger partial charge in [-0.3, -0.25) is 0 Å². The lowest BCUT2D eigenvalue weighted by atomic mass is 9.92. The molecule has 0 saturated heterocycles. The summed E-state index contributed by atoms with van der Waals surface area (Å²) in [5, 5.41) is 0. The van der Waals surface area contributed by atoms with Gasteiger partial charge in [-0.05, 0) is 24.7 Å². The number of hydrogen-bond acceptors (Lipinski definition) is 1. The summed E-state index contributed by atoms with van der Waals surface area (Å²) in [6, 6.07) is 0. The van der Waals surface area contributed by atoms with E-state index in [1.807, 2.05) is 0 Å². The van der Waals surface area contributed by atoms with Gasteiger partial charge in [0.15, 0.2) is 0 Å². The molecule has 0 radical (unpaired) electrons. The molecule has 0 aliphatic carbocycles. The van der Waals surface area contributed by atoms with Crippen LogP contribution in [0.3, 0.4) is 0 Å². The monoisotopic (exact) mass is 188 g/mol. The summed E-state index contributed by atoms with van der Waals surface area (Å²) < 4.78 is 5.19. The summed E-state index contributed by atoms with van der Waals surface area (Å²) in [7, 11) is 0.895. The Bertz CT molecular complexity index is 95.8. The van der Waals surface area contributed by atoms with Crippen molar-refractivity contribution in [2.24, 2.45) is 11.8 Å². The van der Waals surface area contributed by atoms with Crippen molar-refractivity contribution in [2.45, 2.75) is 46.5 Å². The summed E-state index contributed by atoms with van der Waals surface area (Å²) >= 11 is 0. The van der Waals surface area contributed by atoms with Gasteiger partial charge in [-0.1, -0.05) is 33.6 Å². The molecule has 0 fully saturated rings. The third kappa shape index (κ3) is 6.86. The van der Waals surface area contributed by atoms with Gasteiger partial charge in [0, 0.05) is 6.61 Å². The van der Waals surface area contributed by atoms with Crippen molar-refractivity contribution in [1.29, 1.82) is 0 Å². The van der Waals surface area contributed by atoms with Crippen LogP contribution in [0.4, 0.5) is 0 Å². The summed E-state index contributed by atoms with van der Waals surface area (Å²) in [6.07, 6.45) is 5.33. The van der Waals surface area contributed by atoms with Crippen molar-refractivity contribution < 1.29 is 4.43 Å². The van der Waals surface area contributed by atoms with Gasteiger partial charge >= 0.3 is 0 Å². The van der Waals surface area contributed by atoms with Crippen LogP contribution in [0, 0.1) is 11.8 Å². The second-order valence-corrected chi connectivity index (χ2v) is 4.59. The van der Waals surface area contributed by atoms with Crippen molar-refractivity contribution >= 4 is 10.5 Å². The molecule has 0 aromatic heterocycles. The molecule has 0 spiro atoms. The molecule has 0 N–H and O–H groups in total. The van der Waals surface area contributed by atoms with Crippen molar-refractivity contribution in [3.8, 4) is 0 Å². The molecule has 0 aromatic rings. The van der Waals surface area contributed by atoms with E-state index in [9.17, 15) is 0 Å². The second kappa shape index (κ2) is 7.81. The van der Waals surface area contributed by atoms with E-state index in [-0.39, 0.29) is 0 Å². The topological polar surface area (TPSA) is 9.23 Å². The molecule has 2 atom stereocenters. The van der Waals surface area contributed by atoms with E-state index in [4.69, 9.17) is 4.43 Å². The Morgan fingerprint density at radius 1 is 1.17 bits per heavy atom. The minimum absolute atomic E-state index is 0.848. The van der Waals surface area contributed by atoms with E-state index in [2.05, 4.69) is 20.8 Å². The quantitative estimate of drug-likeness (QED) is 0.556. The SMILES string of the molecule is CCCC(C)CC(C)CCO[SiH3]. The van der Waals surface area contributed by atoms with E-state index >= 15 is 0 Å². The predicted octanol–water partition coefficient (Wildman–Crippen LogP) is 2.14. The maximum absolute atomic E-state index is 5.19. The Hall–Kier alpha value is 0.177. The van der Waals surface area contributed by atoms with Gasteiger partial charge in [0.05, 0.1) is 0 Å². The van der Waals surface area contributed by atoms with E-state index in [1.165, 1.54) is 25.7 Å². The molecule has 0 aromatic carbocycles. The van der Waals surface area contributed by atoms with Crippen LogP contribution in [0.1, 0.15) is 46.5 Å². The lowest BCUT2D eigenvalue weighted by Gasteiger charge is -2.16. The van der Waals surface area contributed by atoms with Gasteiger partial charge in [0.2, 0.25) is 0 Å². The van der Waals surface area contributed by atoms with Crippen molar-refractivity contribution in [1.82, 2.24) is 0 Å². The molecular formula is C10H24OSi. The molecule has 0 aliphatic rings. The number of hydrogen-bond donors (Lipinski definition) is 0. The third-order valence-electron chi connectivity index (χ3n) is 2.40. The molecule has 0 amide bonds. The maximum Gasteiger partial charge on any atom is 0.145 e. The van der Waals surface area contributed by atoms with Crippen molar-refractivity contribution in [3.05, 3.63) is 0 Å². The van der Waals surface area contributed by atoms with Crippen LogP contribution >= 0.6 is 0 Å². The molecule has 2 unspecified atom stereocenters. The molecular weight excluding hydrogens is 164 g/mol. The fourth-order valence-corrected chi connectivity index (χ4v) is 1.97. The van der Waals surface area contributed by atoms with Gasteiger partial charge in [-0.2, -0.15) is 0 Å². The Labute approximate surface area is 80.4 Å². The normalized spacial score (nSPS) is 16.2. The minimum Gasteiger partial charge on any atom is -0.428 e. The van der Waals surface area contributed by atoms with Gasteiger partial charge < -0.3 is 4.43 Å². The predicted molar refractivity (Wildman–Crippen MR) is 58.4 cm³/mol. The Kier molecular flexibility index (Phi) is 7.92. The first-order chi connectivity index (χ1) is 5.70. The fraction of sp³-hybridized carbons (Fsp3) is 1.00. The van der Waals surface area contributed by atoms with Crippen molar-refractivity contribution in [3.63, 3.8) is 0 Å². The fourth-order valence-electron chi connectivity index (χ4n) is 1.73. The largest absolute Gasteiger partial charge is 0.428 e. The van der Waals surface area contributed by atoms with E-state index in [1.54, 1.807) is 0 Å². The Balaban J connectivity index is 3.33. The van der Waals surface area contributed by atoms with Gasteiger partial charge in [-0.15, -0.1) is 0 Å². The van der Waals surface area contributed by atoms with Crippen LogP contribution in [0.25, 0.3) is 0 Å². The molecule has 0 aliphatic heterocycles. The van der Waals surface area contributed by atoms with E-state index < -0.39 is 0 Å². The van der Waals surface area contributed by atoms with E-state index in [0.29, 0.717) is 0 Å². The molecule has 0 rings (SSSR count). The van der Waals surface area contributed by atoms with Crippen LogP contribution in [-0.2, 0) is 4.43 Å². The third-order valence-corrected chi connectivity index (χ3v) is 2.81.